The van der Waals surface area contributed by atoms with Crippen molar-refractivity contribution in [3.63, 3.8) is 0 Å². The number of hydrogen-bond donors (Lipinski definition) is 0. The molecule has 2 unspecified atom stereocenters. The number of ketones is 1. The van der Waals surface area contributed by atoms with Crippen molar-refractivity contribution in [3.05, 3.63) is 0 Å². The van der Waals surface area contributed by atoms with Crippen molar-refractivity contribution in [1.29, 1.82) is 0 Å². The van der Waals surface area contributed by atoms with Crippen LogP contribution in [0.25, 0.3) is 0 Å². The predicted molar refractivity (Wildman–Crippen MR) is 68.3 cm³/mol. The summed E-state index contributed by atoms with van der Waals surface area (Å²) in [6.45, 7) is 5.63. The molecule has 0 spiro atoms. The number of carbonyl (C=O) groups is 3. The van der Waals surface area contributed by atoms with Crippen molar-refractivity contribution in [2.75, 3.05) is 13.2 Å². The topological polar surface area (TPSA) is 69.7 Å². The van der Waals surface area contributed by atoms with Crippen LogP contribution in [0.15, 0.2) is 0 Å². The Hall–Kier alpha value is -1.39. The highest BCUT2D eigenvalue weighted by atomic mass is 16.6. The first-order valence-corrected chi connectivity index (χ1v) is 6.88. The van der Waals surface area contributed by atoms with Gasteiger partial charge in [0.1, 0.15) is 0 Å². The Morgan fingerprint density at radius 3 is 1.95 bits per heavy atom. The van der Waals surface area contributed by atoms with Crippen LogP contribution >= 0.6 is 0 Å². The molecule has 1 aliphatic rings. The minimum absolute atomic E-state index is 0.142. The number of Topliss-reactive ketones (excluding diaryl/α,β-unsaturated/α-hetero) is 1. The minimum Gasteiger partial charge on any atom is -0.465 e. The van der Waals surface area contributed by atoms with Crippen LogP contribution < -0.4 is 0 Å². The van der Waals surface area contributed by atoms with Gasteiger partial charge in [-0.15, -0.1) is 0 Å². The average molecular weight is 270 g/mol. The zero-order chi connectivity index (χ0) is 14.4. The van der Waals surface area contributed by atoms with Crippen molar-refractivity contribution in [1.82, 2.24) is 0 Å². The maximum atomic E-state index is 12.3. The molecule has 1 fully saturated rings. The Morgan fingerprint density at radius 1 is 1.05 bits per heavy atom. The van der Waals surface area contributed by atoms with Gasteiger partial charge < -0.3 is 9.47 Å². The second-order valence-corrected chi connectivity index (χ2v) is 4.95. The number of ether oxygens (including phenoxy) is 2. The monoisotopic (exact) mass is 270 g/mol. The van der Waals surface area contributed by atoms with E-state index in [-0.39, 0.29) is 24.9 Å². The molecule has 0 amide bonds. The molecule has 19 heavy (non-hydrogen) atoms. The van der Waals surface area contributed by atoms with Crippen LogP contribution in [0, 0.1) is 17.8 Å². The van der Waals surface area contributed by atoms with Gasteiger partial charge in [-0.1, -0.05) is 6.92 Å². The highest BCUT2D eigenvalue weighted by Gasteiger charge is 2.42. The van der Waals surface area contributed by atoms with E-state index in [1.54, 1.807) is 13.8 Å². The maximum Gasteiger partial charge on any atom is 0.328 e. The molecule has 0 N–H and O–H groups in total. The van der Waals surface area contributed by atoms with Crippen LogP contribution in [0.2, 0.25) is 0 Å². The largest absolute Gasteiger partial charge is 0.465 e. The fourth-order valence-corrected chi connectivity index (χ4v) is 2.48. The third-order valence-corrected chi connectivity index (χ3v) is 3.43. The van der Waals surface area contributed by atoms with Gasteiger partial charge in [-0.3, -0.25) is 14.4 Å². The van der Waals surface area contributed by atoms with Crippen molar-refractivity contribution in [2.24, 2.45) is 17.8 Å². The smallest absolute Gasteiger partial charge is 0.328 e. The van der Waals surface area contributed by atoms with Crippen molar-refractivity contribution >= 4 is 17.7 Å². The molecule has 1 aliphatic carbocycles. The van der Waals surface area contributed by atoms with E-state index in [9.17, 15) is 14.4 Å². The summed E-state index contributed by atoms with van der Waals surface area (Å²) in [6.07, 6.45) is 2.41. The molecule has 0 heterocycles. The first-order valence-electron chi connectivity index (χ1n) is 6.88. The molecule has 5 nitrogen and oxygen atoms in total. The molecule has 0 aromatic heterocycles. The molecular weight excluding hydrogens is 248 g/mol. The Labute approximate surface area is 113 Å². The first-order chi connectivity index (χ1) is 9.01. The molecule has 0 bridgehead atoms. The SMILES string of the molecule is CCOC(=O)C(C(=O)OCC)C(=O)C1CCC(C)C1. The van der Waals surface area contributed by atoms with Crippen LogP contribution in [-0.2, 0) is 23.9 Å². The van der Waals surface area contributed by atoms with Gasteiger partial charge in [0.15, 0.2) is 5.78 Å². The van der Waals surface area contributed by atoms with Crippen molar-refractivity contribution in [3.8, 4) is 0 Å². The quantitative estimate of drug-likeness (QED) is 0.543. The summed E-state index contributed by atoms with van der Waals surface area (Å²) in [6, 6.07) is 0. The molecule has 1 saturated carbocycles. The van der Waals surface area contributed by atoms with Gasteiger partial charge in [-0.2, -0.15) is 0 Å². The summed E-state index contributed by atoms with van der Waals surface area (Å²) in [7, 11) is 0. The van der Waals surface area contributed by atoms with Gasteiger partial charge >= 0.3 is 11.9 Å². The number of rotatable bonds is 6. The summed E-state index contributed by atoms with van der Waals surface area (Å²) in [5.41, 5.74) is 0. The van der Waals surface area contributed by atoms with Gasteiger partial charge in [-0.25, -0.2) is 0 Å². The molecular formula is C14H22O5. The number of hydrogen-bond acceptors (Lipinski definition) is 5. The van der Waals surface area contributed by atoms with Gasteiger partial charge in [0.2, 0.25) is 5.92 Å². The second kappa shape index (κ2) is 7.26. The maximum absolute atomic E-state index is 12.3. The molecule has 2 atom stereocenters. The lowest BCUT2D eigenvalue weighted by atomic mass is 9.91. The fourth-order valence-electron chi connectivity index (χ4n) is 2.48. The standard InChI is InChI=1S/C14H22O5/c1-4-18-13(16)11(14(17)19-5-2)12(15)10-7-6-9(3)8-10/h9-11H,4-8H2,1-3H3. The molecule has 0 aliphatic heterocycles. The van der Waals surface area contributed by atoms with E-state index < -0.39 is 17.9 Å². The fraction of sp³-hybridized carbons (Fsp3) is 0.786. The van der Waals surface area contributed by atoms with E-state index in [0.717, 1.165) is 19.3 Å². The summed E-state index contributed by atoms with van der Waals surface area (Å²) >= 11 is 0. The molecule has 0 aromatic carbocycles. The number of carbonyl (C=O) groups excluding carboxylic acids is 3. The lowest BCUT2D eigenvalue weighted by Crippen LogP contribution is -2.38. The van der Waals surface area contributed by atoms with Crippen LogP contribution in [0.3, 0.4) is 0 Å². The first kappa shape index (κ1) is 15.7. The second-order valence-electron chi connectivity index (χ2n) is 4.95. The third-order valence-electron chi connectivity index (χ3n) is 3.43. The minimum atomic E-state index is -1.41. The lowest BCUT2D eigenvalue weighted by molar-refractivity contribution is -0.165. The van der Waals surface area contributed by atoms with Gasteiger partial charge in [0, 0.05) is 5.92 Å². The Kier molecular flexibility index (Phi) is 5.99. The van der Waals surface area contributed by atoms with Crippen LogP contribution in [0.5, 0.6) is 0 Å². The van der Waals surface area contributed by atoms with Gasteiger partial charge in [0.25, 0.3) is 0 Å². The van der Waals surface area contributed by atoms with E-state index in [2.05, 4.69) is 6.92 Å². The van der Waals surface area contributed by atoms with Gasteiger partial charge in [-0.05, 0) is 39.0 Å². The molecule has 0 aromatic rings. The lowest BCUT2D eigenvalue weighted by Gasteiger charge is -2.16. The number of esters is 2. The van der Waals surface area contributed by atoms with E-state index in [1.807, 2.05) is 0 Å². The summed E-state index contributed by atoms with van der Waals surface area (Å²) in [4.78, 5) is 35.9. The van der Waals surface area contributed by atoms with Crippen molar-refractivity contribution < 1.29 is 23.9 Å². The van der Waals surface area contributed by atoms with Crippen molar-refractivity contribution in [2.45, 2.75) is 40.0 Å². The highest BCUT2D eigenvalue weighted by molar-refractivity contribution is 6.15. The summed E-state index contributed by atoms with van der Waals surface area (Å²) in [5.74, 6) is -3.10. The summed E-state index contributed by atoms with van der Waals surface area (Å²) in [5, 5.41) is 0. The van der Waals surface area contributed by atoms with Crippen LogP contribution in [0.1, 0.15) is 40.0 Å². The van der Waals surface area contributed by atoms with E-state index in [0.29, 0.717) is 5.92 Å². The molecule has 5 heteroatoms. The zero-order valence-corrected chi connectivity index (χ0v) is 11.8. The Bertz CT molecular complexity index is 332. The van der Waals surface area contributed by atoms with E-state index in [1.165, 1.54) is 0 Å². The van der Waals surface area contributed by atoms with E-state index >= 15 is 0 Å². The predicted octanol–water partition coefficient (Wildman–Crippen LogP) is 1.73. The van der Waals surface area contributed by atoms with E-state index in [4.69, 9.17) is 9.47 Å². The molecule has 108 valence electrons. The Morgan fingerprint density at radius 2 is 1.58 bits per heavy atom. The third kappa shape index (κ3) is 4.04. The molecule has 0 radical (unpaired) electrons. The summed E-state index contributed by atoms with van der Waals surface area (Å²) < 4.78 is 9.64. The normalized spacial score (nSPS) is 22.3. The zero-order valence-electron chi connectivity index (χ0n) is 11.8. The average Bonchev–Trinajstić information content (AvgIpc) is 2.76. The van der Waals surface area contributed by atoms with Crippen LogP contribution in [0.4, 0.5) is 0 Å². The molecule has 0 saturated heterocycles. The molecule has 1 rings (SSSR count). The van der Waals surface area contributed by atoms with Crippen LogP contribution in [-0.4, -0.2) is 30.9 Å². The Balaban J connectivity index is 2.80. The highest BCUT2D eigenvalue weighted by Crippen LogP contribution is 2.33. The van der Waals surface area contributed by atoms with Gasteiger partial charge in [0.05, 0.1) is 13.2 Å².